The third-order valence-corrected chi connectivity index (χ3v) is 5.69. The molecule has 1 N–H and O–H groups in total. The fourth-order valence-electron chi connectivity index (χ4n) is 2.12. The Balaban J connectivity index is 2.70. The molecular weight excluding hydrogens is 226 g/mol. The van der Waals surface area contributed by atoms with Gasteiger partial charge in [0.2, 0.25) is 0 Å². The number of likely N-dealkylation sites (tertiary alicyclic amines) is 1. The number of sulfone groups is 1. The van der Waals surface area contributed by atoms with Crippen LogP contribution >= 0.6 is 0 Å². The molecule has 96 valence electrons. The molecule has 0 aromatic carbocycles. The second-order valence-corrected chi connectivity index (χ2v) is 7.94. The Morgan fingerprint density at radius 3 is 2.56 bits per heavy atom. The van der Waals surface area contributed by atoms with E-state index in [1.165, 1.54) is 0 Å². The molecule has 1 fully saturated rings. The van der Waals surface area contributed by atoms with Crippen molar-refractivity contribution in [2.75, 3.05) is 32.5 Å². The summed E-state index contributed by atoms with van der Waals surface area (Å²) in [4.78, 5) is 2.07. The molecule has 16 heavy (non-hydrogen) atoms. The third kappa shape index (κ3) is 3.71. The third-order valence-electron chi connectivity index (χ3n) is 3.11. The number of rotatable bonds is 4. The lowest BCUT2D eigenvalue weighted by atomic mass is 9.98. The highest BCUT2D eigenvalue weighted by atomic mass is 32.2. The molecule has 1 rings (SSSR count). The first-order valence-corrected chi connectivity index (χ1v) is 7.49. The predicted molar refractivity (Wildman–Crippen MR) is 65.2 cm³/mol. The minimum Gasteiger partial charge on any atom is -0.396 e. The Kier molecular flexibility index (Phi) is 4.37. The van der Waals surface area contributed by atoms with E-state index in [-0.39, 0.29) is 17.6 Å². The van der Waals surface area contributed by atoms with Crippen LogP contribution in [-0.4, -0.2) is 56.2 Å². The van der Waals surface area contributed by atoms with Gasteiger partial charge in [-0.1, -0.05) is 13.8 Å². The van der Waals surface area contributed by atoms with Gasteiger partial charge in [-0.25, -0.2) is 8.42 Å². The highest BCUT2D eigenvalue weighted by molar-refractivity contribution is 7.92. The molecule has 1 aliphatic heterocycles. The lowest BCUT2D eigenvalue weighted by Crippen LogP contribution is -2.43. The van der Waals surface area contributed by atoms with Crippen LogP contribution in [0.3, 0.4) is 0 Å². The quantitative estimate of drug-likeness (QED) is 0.789. The predicted octanol–water partition coefficient (Wildman–Crippen LogP) is 0.514. The average Bonchev–Trinajstić information content (AvgIpc) is 2.16. The number of hydrogen-bond acceptors (Lipinski definition) is 4. The Bertz CT molecular complexity index is 324. The van der Waals surface area contributed by atoms with Crippen molar-refractivity contribution in [1.82, 2.24) is 4.90 Å². The molecule has 1 unspecified atom stereocenters. The zero-order valence-corrected chi connectivity index (χ0v) is 11.3. The van der Waals surface area contributed by atoms with Gasteiger partial charge in [-0.3, -0.25) is 0 Å². The Labute approximate surface area is 98.6 Å². The van der Waals surface area contributed by atoms with E-state index in [2.05, 4.69) is 4.90 Å². The van der Waals surface area contributed by atoms with Gasteiger partial charge >= 0.3 is 0 Å². The van der Waals surface area contributed by atoms with E-state index in [1.807, 2.05) is 7.05 Å². The summed E-state index contributed by atoms with van der Waals surface area (Å²) in [7, 11) is -1.13. The van der Waals surface area contributed by atoms with Crippen LogP contribution in [0.15, 0.2) is 0 Å². The summed E-state index contributed by atoms with van der Waals surface area (Å²) in [6, 6.07) is 0. The van der Waals surface area contributed by atoms with Crippen LogP contribution in [-0.2, 0) is 9.84 Å². The largest absolute Gasteiger partial charge is 0.396 e. The summed E-state index contributed by atoms with van der Waals surface area (Å²) in [6.45, 7) is 5.10. The normalized spacial score (nSPS) is 24.6. The van der Waals surface area contributed by atoms with Crippen LogP contribution in [0.1, 0.15) is 26.7 Å². The van der Waals surface area contributed by atoms with Crippen LogP contribution < -0.4 is 0 Å². The van der Waals surface area contributed by atoms with Gasteiger partial charge in [-0.2, -0.15) is 0 Å². The van der Waals surface area contributed by atoms with Gasteiger partial charge in [0.1, 0.15) is 0 Å². The summed E-state index contributed by atoms with van der Waals surface area (Å²) in [6.07, 6.45) is 1.70. The molecule has 5 heteroatoms. The topological polar surface area (TPSA) is 57.6 Å². The molecule has 0 bridgehead atoms. The van der Waals surface area contributed by atoms with Crippen molar-refractivity contribution in [2.45, 2.75) is 31.9 Å². The molecule has 0 saturated carbocycles. The fraction of sp³-hybridized carbons (Fsp3) is 1.00. The van der Waals surface area contributed by atoms with Gasteiger partial charge in [0.05, 0.1) is 11.0 Å². The number of aliphatic hydroxyl groups excluding tert-OH is 1. The first-order valence-electron chi connectivity index (χ1n) is 5.78. The Hall–Kier alpha value is -0.130. The van der Waals surface area contributed by atoms with E-state index in [9.17, 15) is 8.42 Å². The minimum absolute atomic E-state index is 0.0784. The average molecular weight is 249 g/mol. The summed E-state index contributed by atoms with van der Waals surface area (Å²) in [5.41, 5.74) is -0.533. The smallest absolute Gasteiger partial charge is 0.155 e. The monoisotopic (exact) mass is 249 g/mol. The molecule has 0 radical (unpaired) electrons. The lowest BCUT2D eigenvalue weighted by Gasteiger charge is -2.31. The molecule has 0 aromatic heterocycles. The van der Waals surface area contributed by atoms with Gasteiger partial charge in [-0.15, -0.1) is 0 Å². The molecular formula is C11H23NO3S. The van der Waals surface area contributed by atoms with Gasteiger partial charge in [-0.05, 0) is 26.4 Å². The van der Waals surface area contributed by atoms with Gasteiger partial charge in [0.25, 0.3) is 0 Å². The van der Waals surface area contributed by atoms with Gasteiger partial charge < -0.3 is 10.0 Å². The molecule has 0 aromatic rings. The summed E-state index contributed by atoms with van der Waals surface area (Å²) in [5.74, 6) is 0.0784. The summed E-state index contributed by atoms with van der Waals surface area (Å²) >= 11 is 0. The maximum absolute atomic E-state index is 12.2. The number of hydrogen-bond donors (Lipinski definition) is 1. The van der Waals surface area contributed by atoms with Crippen LogP contribution in [0, 0.1) is 5.41 Å². The van der Waals surface area contributed by atoms with E-state index in [4.69, 9.17) is 5.11 Å². The molecule has 1 aliphatic rings. The summed E-state index contributed by atoms with van der Waals surface area (Å²) in [5, 5.41) is 8.88. The molecule has 4 nitrogen and oxygen atoms in total. The van der Waals surface area contributed by atoms with E-state index < -0.39 is 15.3 Å². The van der Waals surface area contributed by atoms with Gasteiger partial charge in [0, 0.05) is 18.6 Å². The van der Waals surface area contributed by atoms with Gasteiger partial charge in [0.15, 0.2) is 9.84 Å². The molecule has 0 spiro atoms. The first kappa shape index (κ1) is 13.9. The second kappa shape index (κ2) is 5.02. The van der Waals surface area contributed by atoms with E-state index >= 15 is 0 Å². The maximum Gasteiger partial charge on any atom is 0.155 e. The SMILES string of the molecule is CN1CCCC(S(=O)(=O)CC(C)(C)CO)C1. The highest BCUT2D eigenvalue weighted by Crippen LogP contribution is 2.23. The van der Waals surface area contributed by atoms with Crippen LogP contribution in [0.25, 0.3) is 0 Å². The second-order valence-electron chi connectivity index (χ2n) is 5.66. The van der Waals surface area contributed by atoms with Crippen molar-refractivity contribution in [3.8, 4) is 0 Å². The van der Waals surface area contributed by atoms with Crippen LogP contribution in [0.4, 0.5) is 0 Å². The Morgan fingerprint density at radius 1 is 1.44 bits per heavy atom. The minimum atomic E-state index is -3.09. The highest BCUT2D eigenvalue weighted by Gasteiger charge is 2.34. The van der Waals surface area contributed by atoms with Crippen LogP contribution in [0.5, 0.6) is 0 Å². The van der Waals surface area contributed by atoms with E-state index in [1.54, 1.807) is 13.8 Å². The summed E-state index contributed by atoms with van der Waals surface area (Å²) < 4.78 is 24.3. The fourth-order valence-corrected chi connectivity index (χ4v) is 4.54. The number of aliphatic hydroxyl groups is 1. The maximum atomic E-state index is 12.2. The van der Waals surface area contributed by atoms with Crippen molar-refractivity contribution in [3.63, 3.8) is 0 Å². The van der Waals surface area contributed by atoms with Crippen molar-refractivity contribution in [1.29, 1.82) is 0 Å². The molecule has 0 aliphatic carbocycles. The zero-order chi connectivity index (χ0) is 12.4. The molecule has 0 amide bonds. The van der Waals surface area contributed by atoms with E-state index in [0.717, 1.165) is 19.4 Å². The molecule has 1 atom stereocenters. The number of piperidine rings is 1. The van der Waals surface area contributed by atoms with Crippen molar-refractivity contribution in [3.05, 3.63) is 0 Å². The Morgan fingerprint density at radius 2 is 2.06 bits per heavy atom. The first-order chi connectivity index (χ1) is 7.27. The standard InChI is InChI=1S/C11H23NO3S/c1-11(2,8-13)9-16(14,15)10-5-4-6-12(3)7-10/h10,13H,4-9H2,1-3H3. The molecule has 1 saturated heterocycles. The van der Waals surface area contributed by atoms with E-state index in [0.29, 0.717) is 6.54 Å². The van der Waals surface area contributed by atoms with Crippen LogP contribution in [0.2, 0.25) is 0 Å². The van der Waals surface area contributed by atoms with Crippen molar-refractivity contribution < 1.29 is 13.5 Å². The number of nitrogens with zero attached hydrogens (tertiary/aromatic N) is 1. The molecule has 1 heterocycles. The van der Waals surface area contributed by atoms with Crippen molar-refractivity contribution >= 4 is 9.84 Å². The van der Waals surface area contributed by atoms with Crippen molar-refractivity contribution in [2.24, 2.45) is 5.41 Å². The zero-order valence-electron chi connectivity index (χ0n) is 10.4. The lowest BCUT2D eigenvalue weighted by molar-refractivity contribution is 0.178.